The molecule has 22 heavy (non-hydrogen) atoms. The topological polar surface area (TPSA) is 69.4 Å². The van der Waals surface area contributed by atoms with E-state index in [0.29, 0.717) is 0 Å². The Morgan fingerprint density at radius 1 is 1.09 bits per heavy atom. The number of benzene rings is 2. The van der Waals surface area contributed by atoms with Crippen molar-refractivity contribution in [3.63, 3.8) is 0 Å². The molecule has 0 fully saturated rings. The molecule has 0 aliphatic carbocycles. The van der Waals surface area contributed by atoms with Crippen LogP contribution in [0.5, 0.6) is 5.75 Å². The van der Waals surface area contributed by atoms with Crippen molar-refractivity contribution in [1.82, 2.24) is 0 Å². The molecule has 118 valence electrons. The normalized spacial score (nSPS) is 12.2. The van der Waals surface area contributed by atoms with Crippen molar-refractivity contribution in [1.29, 1.82) is 0 Å². The lowest BCUT2D eigenvalue weighted by Crippen LogP contribution is -2.14. The van der Waals surface area contributed by atoms with Crippen LogP contribution in [0.2, 0.25) is 0 Å². The highest BCUT2D eigenvalue weighted by Crippen LogP contribution is 2.38. The Morgan fingerprint density at radius 2 is 1.73 bits per heavy atom. The molecular weight excluding hydrogens is 319 g/mol. The number of methoxy groups -OCH3 is 1. The first-order valence-electron chi connectivity index (χ1n) is 6.02. The molecule has 0 radical (unpaired) electrons. The summed E-state index contributed by atoms with van der Waals surface area (Å²) >= 11 is 0. The van der Waals surface area contributed by atoms with Gasteiger partial charge < -0.3 is 4.74 Å². The molecule has 2 aromatic rings. The Hall–Kier alpha value is -2.06. The molecule has 0 unspecified atom stereocenters. The van der Waals surface area contributed by atoms with E-state index in [2.05, 4.69) is 0 Å². The predicted octanol–water partition coefficient (Wildman–Crippen LogP) is 3.03. The van der Waals surface area contributed by atoms with E-state index in [1.807, 2.05) is 0 Å². The molecule has 2 N–H and O–H groups in total. The third-order valence-electron chi connectivity index (χ3n) is 3.01. The van der Waals surface area contributed by atoms with Crippen LogP contribution < -0.4 is 9.88 Å². The van der Waals surface area contributed by atoms with Crippen LogP contribution >= 0.6 is 0 Å². The van der Waals surface area contributed by atoms with E-state index in [1.54, 1.807) is 0 Å². The Morgan fingerprint density at radius 3 is 2.27 bits per heavy atom. The Balaban J connectivity index is 2.71. The number of alkyl halides is 3. The third kappa shape index (κ3) is 3.23. The monoisotopic (exact) mass is 331 g/mol. The number of ether oxygens (including phenoxy) is 1. The van der Waals surface area contributed by atoms with Gasteiger partial charge in [0, 0.05) is 0 Å². The number of rotatable bonds is 3. The van der Waals surface area contributed by atoms with Crippen LogP contribution in [-0.4, -0.2) is 15.5 Å². The zero-order chi connectivity index (χ0) is 16.5. The molecule has 0 spiro atoms. The molecule has 0 aromatic heterocycles. The lowest BCUT2D eigenvalue weighted by Gasteiger charge is -2.14. The van der Waals surface area contributed by atoms with Crippen molar-refractivity contribution in [3.05, 3.63) is 48.0 Å². The average Bonchev–Trinajstić information content (AvgIpc) is 2.45. The van der Waals surface area contributed by atoms with Gasteiger partial charge in [0.1, 0.15) is 10.6 Å². The molecule has 0 heterocycles. The summed E-state index contributed by atoms with van der Waals surface area (Å²) in [7, 11) is -2.89. The maximum Gasteiger partial charge on any atom is 0.417 e. The predicted molar refractivity (Wildman–Crippen MR) is 74.8 cm³/mol. The molecule has 0 aliphatic heterocycles. The van der Waals surface area contributed by atoms with Crippen molar-refractivity contribution in [2.24, 2.45) is 5.14 Å². The molecule has 0 atom stereocenters. The quantitative estimate of drug-likeness (QED) is 0.940. The first-order valence-corrected chi connectivity index (χ1v) is 7.56. The Labute approximate surface area is 125 Å². The molecule has 4 nitrogen and oxygen atoms in total. The number of hydrogen-bond donors (Lipinski definition) is 1. The van der Waals surface area contributed by atoms with Crippen molar-refractivity contribution >= 4 is 10.0 Å². The number of nitrogens with two attached hydrogens (primary N) is 1. The summed E-state index contributed by atoms with van der Waals surface area (Å²) in [6, 6.07) is 8.56. The molecule has 0 saturated carbocycles. The highest BCUT2D eigenvalue weighted by molar-refractivity contribution is 7.89. The van der Waals surface area contributed by atoms with Gasteiger partial charge in [-0.1, -0.05) is 24.3 Å². The molecule has 2 aromatic carbocycles. The molecule has 0 aliphatic rings. The maximum atomic E-state index is 13.0. The third-order valence-corrected chi connectivity index (χ3v) is 3.95. The number of halogens is 3. The lowest BCUT2D eigenvalue weighted by atomic mass is 9.99. The van der Waals surface area contributed by atoms with Gasteiger partial charge in [0.2, 0.25) is 10.0 Å². The zero-order valence-electron chi connectivity index (χ0n) is 11.4. The lowest BCUT2D eigenvalue weighted by molar-refractivity contribution is -0.137. The summed E-state index contributed by atoms with van der Waals surface area (Å²) in [5.41, 5.74) is -0.916. The summed E-state index contributed by atoms with van der Waals surface area (Å²) in [6.45, 7) is 0. The van der Waals surface area contributed by atoms with E-state index in [-0.39, 0.29) is 21.8 Å². The maximum absolute atomic E-state index is 13.0. The Bertz CT molecular complexity index is 801. The minimum absolute atomic E-state index is 0.0317. The van der Waals surface area contributed by atoms with E-state index in [4.69, 9.17) is 9.88 Å². The van der Waals surface area contributed by atoms with Crippen LogP contribution in [0.1, 0.15) is 5.56 Å². The van der Waals surface area contributed by atoms with Gasteiger partial charge in [0.25, 0.3) is 0 Å². The summed E-state index contributed by atoms with van der Waals surface area (Å²) in [5.74, 6) is -0.0317. The van der Waals surface area contributed by atoms with Crippen molar-refractivity contribution in [2.45, 2.75) is 11.1 Å². The van der Waals surface area contributed by atoms with Crippen LogP contribution in [0.25, 0.3) is 11.1 Å². The minimum Gasteiger partial charge on any atom is -0.495 e. The van der Waals surface area contributed by atoms with Crippen molar-refractivity contribution < 1.29 is 26.3 Å². The highest BCUT2D eigenvalue weighted by Gasteiger charge is 2.33. The van der Waals surface area contributed by atoms with Gasteiger partial charge in [-0.3, -0.25) is 0 Å². The van der Waals surface area contributed by atoms with Gasteiger partial charge in [-0.15, -0.1) is 0 Å². The van der Waals surface area contributed by atoms with E-state index >= 15 is 0 Å². The molecule has 0 amide bonds. The smallest absolute Gasteiger partial charge is 0.417 e. The van der Waals surface area contributed by atoms with E-state index < -0.39 is 21.8 Å². The first-order chi connectivity index (χ1) is 10.1. The van der Waals surface area contributed by atoms with Crippen molar-refractivity contribution in [3.8, 4) is 16.9 Å². The summed E-state index contributed by atoms with van der Waals surface area (Å²) in [4.78, 5) is -0.371. The van der Waals surface area contributed by atoms with Gasteiger partial charge >= 0.3 is 6.18 Å². The zero-order valence-corrected chi connectivity index (χ0v) is 12.2. The minimum atomic E-state index is -4.56. The largest absolute Gasteiger partial charge is 0.495 e. The second-order valence-corrected chi connectivity index (χ2v) is 5.98. The van der Waals surface area contributed by atoms with Crippen LogP contribution in [-0.2, 0) is 16.2 Å². The number of hydrogen-bond acceptors (Lipinski definition) is 3. The van der Waals surface area contributed by atoms with Crippen LogP contribution in [0, 0.1) is 0 Å². The average molecular weight is 331 g/mol. The van der Waals surface area contributed by atoms with Crippen molar-refractivity contribution in [2.75, 3.05) is 7.11 Å². The van der Waals surface area contributed by atoms with E-state index in [9.17, 15) is 21.6 Å². The van der Waals surface area contributed by atoms with Gasteiger partial charge in [0.15, 0.2) is 0 Å². The summed E-state index contributed by atoms with van der Waals surface area (Å²) in [6.07, 6.45) is -4.56. The fraction of sp³-hybridized carbons (Fsp3) is 0.143. The first kappa shape index (κ1) is 16.3. The van der Waals surface area contributed by atoms with Crippen LogP contribution in [0.4, 0.5) is 13.2 Å². The highest BCUT2D eigenvalue weighted by atomic mass is 32.2. The molecule has 8 heteroatoms. The van der Waals surface area contributed by atoms with Gasteiger partial charge in [-0.05, 0) is 29.3 Å². The molecule has 0 bridgehead atoms. The SMILES string of the molecule is COc1ccc(-c2ccccc2C(F)(F)F)cc1S(N)(=O)=O. The van der Waals surface area contributed by atoms with Crippen LogP contribution in [0.3, 0.4) is 0 Å². The van der Waals surface area contributed by atoms with Crippen LogP contribution in [0.15, 0.2) is 47.4 Å². The number of sulfonamides is 1. The van der Waals surface area contributed by atoms with Gasteiger partial charge in [0.05, 0.1) is 12.7 Å². The summed E-state index contributed by atoms with van der Waals surface area (Å²) < 4.78 is 67.1. The Kier molecular flexibility index (Phi) is 4.17. The second kappa shape index (κ2) is 5.62. The van der Waals surface area contributed by atoms with E-state index in [0.717, 1.165) is 12.1 Å². The van der Waals surface area contributed by atoms with Gasteiger partial charge in [-0.25, -0.2) is 13.6 Å². The molecular formula is C14H12F3NO3S. The second-order valence-electron chi connectivity index (χ2n) is 4.45. The number of primary sulfonamides is 1. The molecule has 2 rings (SSSR count). The standard InChI is InChI=1S/C14H12F3NO3S/c1-21-12-7-6-9(8-13(12)22(18,19)20)10-4-2-3-5-11(10)14(15,16)17/h2-8H,1H3,(H2,18,19,20). The fourth-order valence-electron chi connectivity index (χ4n) is 2.05. The summed E-state index contributed by atoms with van der Waals surface area (Å²) in [5, 5.41) is 5.07. The van der Waals surface area contributed by atoms with E-state index in [1.165, 1.54) is 37.4 Å². The fourth-order valence-corrected chi connectivity index (χ4v) is 2.77. The van der Waals surface area contributed by atoms with Gasteiger partial charge in [-0.2, -0.15) is 13.2 Å². The molecule has 0 saturated heterocycles.